The van der Waals surface area contributed by atoms with E-state index >= 15 is 0 Å². The molecule has 2 aromatic rings. The molecule has 0 aliphatic heterocycles. The molecule has 5 nitrogen and oxygen atoms in total. The van der Waals surface area contributed by atoms with E-state index in [1.165, 1.54) is 0 Å². The first-order valence-electron chi connectivity index (χ1n) is 5.83. The predicted octanol–water partition coefficient (Wildman–Crippen LogP) is 2.70. The van der Waals surface area contributed by atoms with E-state index in [1.807, 2.05) is 19.9 Å². The summed E-state index contributed by atoms with van der Waals surface area (Å²) in [5.41, 5.74) is 0.877. The van der Waals surface area contributed by atoms with Crippen molar-refractivity contribution in [2.24, 2.45) is 0 Å². The van der Waals surface area contributed by atoms with Gasteiger partial charge in [0, 0.05) is 0 Å². The molecule has 0 bridgehead atoms. The second-order valence-corrected chi connectivity index (χ2v) is 4.02. The zero-order valence-electron chi connectivity index (χ0n) is 10.4. The largest absolute Gasteiger partial charge is 0.469 e. The minimum atomic E-state index is 0.0726. The van der Waals surface area contributed by atoms with Crippen molar-refractivity contribution < 1.29 is 8.94 Å². The molecule has 2 aromatic heterocycles. The van der Waals surface area contributed by atoms with E-state index in [0.29, 0.717) is 11.7 Å². The van der Waals surface area contributed by atoms with Gasteiger partial charge in [0.2, 0.25) is 11.7 Å². The van der Waals surface area contributed by atoms with Crippen molar-refractivity contribution in [3.63, 3.8) is 0 Å². The topological polar surface area (TPSA) is 64.1 Å². The number of aromatic nitrogens is 2. The zero-order valence-corrected chi connectivity index (χ0v) is 10.4. The summed E-state index contributed by atoms with van der Waals surface area (Å²) in [7, 11) is 0. The number of rotatable bonds is 5. The Morgan fingerprint density at radius 3 is 2.94 bits per heavy atom. The third-order valence-corrected chi connectivity index (χ3v) is 2.61. The lowest BCUT2D eigenvalue weighted by Gasteiger charge is -2.06. The average molecular weight is 235 g/mol. The molecule has 0 amide bonds. The van der Waals surface area contributed by atoms with Crippen molar-refractivity contribution in [3.05, 3.63) is 24.0 Å². The maximum atomic E-state index is 5.24. The van der Waals surface area contributed by atoms with Crippen molar-refractivity contribution in [1.29, 1.82) is 0 Å². The number of aryl methyl sites for hydroxylation is 1. The lowest BCUT2D eigenvalue weighted by Crippen LogP contribution is -2.19. The normalized spacial score (nSPS) is 12.9. The summed E-state index contributed by atoms with van der Waals surface area (Å²) in [5, 5.41) is 7.26. The van der Waals surface area contributed by atoms with Gasteiger partial charge in [0.25, 0.3) is 0 Å². The Morgan fingerprint density at radius 2 is 2.29 bits per heavy atom. The van der Waals surface area contributed by atoms with Crippen LogP contribution in [0.1, 0.15) is 38.0 Å². The first-order valence-corrected chi connectivity index (χ1v) is 5.83. The molecule has 0 aliphatic rings. The van der Waals surface area contributed by atoms with Gasteiger partial charge < -0.3 is 14.3 Å². The number of furan rings is 1. The van der Waals surface area contributed by atoms with Gasteiger partial charge in [0.1, 0.15) is 5.76 Å². The van der Waals surface area contributed by atoms with Crippen LogP contribution < -0.4 is 5.32 Å². The van der Waals surface area contributed by atoms with Crippen LogP contribution in [0.3, 0.4) is 0 Å². The Bertz CT molecular complexity index is 476. The van der Waals surface area contributed by atoms with Crippen molar-refractivity contribution >= 4 is 0 Å². The van der Waals surface area contributed by atoms with Gasteiger partial charge in [-0.2, -0.15) is 4.98 Å². The van der Waals surface area contributed by atoms with Crippen LogP contribution in [0, 0.1) is 6.92 Å². The fourth-order valence-electron chi connectivity index (χ4n) is 1.59. The van der Waals surface area contributed by atoms with Crippen LogP contribution in [0.5, 0.6) is 0 Å². The molecule has 0 aromatic carbocycles. The van der Waals surface area contributed by atoms with E-state index in [9.17, 15) is 0 Å². The number of nitrogens with one attached hydrogen (secondary N) is 1. The van der Waals surface area contributed by atoms with Crippen LogP contribution in [-0.4, -0.2) is 16.7 Å². The molecule has 0 radical (unpaired) electrons. The molecule has 2 rings (SSSR count). The first kappa shape index (κ1) is 11.9. The van der Waals surface area contributed by atoms with Gasteiger partial charge in [0.05, 0.1) is 17.9 Å². The summed E-state index contributed by atoms with van der Waals surface area (Å²) in [6.45, 7) is 6.94. The smallest absolute Gasteiger partial charge is 0.243 e. The first-order chi connectivity index (χ1) is 8.22. The summed E-state index contributed by atoms with van der Waals surface area (Å²) in [5.74, 6) is 1.98. The fourth-order valence-corrected chi connectivity index (χ4v) is 1.59. The van der Waals surface area contributed by atoms with Gasteiger partial charge in [-0.05, 0) is 32.9 Å². The van der Waals surface area contributed by atoms with Gasteiger partial charge in [-0.1, -0.05) is 12.1 Å². The molecule has 1 unspecified atom stereocenters. The van der Waals surface area contributed by atoms with Crippen molar-refractivity contribution in [3.8, 4) is 11.4 Å². The summed E-state index contributed by atoms with van der Waals surface area (Å²) >= 11 is 0. The lowest BCUT2D eigenvalue weighted by molar-refractivity contribution is 0.340. The molecule has 0 saturated carbocycles. The molecular weight excluding hydrogens is 218 g/mol. The molecule has 17 heavy (non-hydrogen) atoms. The Labute approximate surface area is 100 Å². The van der Waals surface area contributed by atoms with Crippen LogP contribution in [0.15, 0.2) is 21.3 Å². The van der Waals surface area contributed by atoms with Crippen LogP contribution in [0.2, 0.25) is 0 Å². The Kier molecular flexibility index (Phi) is 3.58. The van der Waals surface area contributed by atoms with Crippen molar-refractivity contribution in [1.82, 2.24) is 15.5 Å². The SMILES string of the molecule is CCCNC(C)c1nc(-c2ccoc2C)no1. The Morgan fingerprint density at radius 1 is 1.47 bits per heavy atom. The van der Waals surface area contributed by atoms with Gasteiger partial charge in [-0.15, -0.1) is 0 Å². The monoisotopic (exact) mass is 235 g/mol. The fraction of sp³-hybridized carbons (Fsp3) is 0.500. The summed E-state index contributed by atoms with van der Waals surface area (Å²) < 4.78 is 10.5. The Hall–Kier alpha value is -1.62. The third-order valence-electron chi connectivity index (χ3n) is 2.61. The van der Waals surface area contributed by atoms with E-state index < -0.39 is 0 Å². The van der Waals surface area contributed by atoms with Gasteiger partial charge >= 0.3 is 0 Å². The van der Waals surface area contributed by atoms with Crippen LogP contribution in [0.25, 0.3) is 11.4 Å². The van der Waals surface area contributed by atoms with Crippen molar-refractivity contribution in [2.75, 3.05) is 6.54 Å². The van der Waals surface area contributed by atoms with E-state index in [0.717, 1.165) is 24.3 Å². The van der Waals surface area contributed by atoms with Crippen LogP contribution >= 0.6 is 0 Å². The highest BCUT2D eigenvalue weighted by molar-refractivity contribution is 5.56. The molecule has 0 aliphatic carbocycles. The second kappa shape index (κ2) is 5.14. The molecule has 5 heteroatoms. The lowest BCUT2D eigenvalue weighted by atomic mass is 10.2. The molecule has 92 valence electrons. The van der Waals surface area contributed by atoms with Gasteiger partial charge in [-0.3, -0.25) is 0 Å². The maximum absolute atomic E-state index is 5.24. The minimum absolute atomic E-state index is 0.0726. The number of hydrogen-bond donors (Lipinski definition) is 1. The highest BCUT2D eigenvalue weighted by atomic mass is 16.5. The van der Waals surface area contributed by atoms with Crippen LogP contribution in [0.4, 0.5) is 0 Å². The predicted molar refractivity (Wildman–Crippen MR) is 63.4 cm³/mol. The highest BCUT2D eigenvalue weighted by Crippen LogP contribution is 2.22. The second-order valence-electron chi connectivity index (χ2n) is 4.02. The average Bonchev–Trinajstić information content (AvgIpc) is 2.93. The Balaban J connectivity index is 2.13. The molecule has 2 heterocycles. The maximum Gasteiger partial charge on any atom is 0.243 e. The van der Waals surface area contributed by atoms with E-state index in [2.05, 4.69) is 22.4 Å². The van der Waals surface area contributed by atoms with Gasteiger partial charge in [-0.25, -0.2) is 0 Å². The minimum Gasteiger partial charge on any atom is -0.469 e. The quantitative estimate of drug-likeness (QED) is 0.863. The molecule has 1 N–H and O–H groups in total. The van der Waals surface area contributed by atoms with E-state index in [-0.39, 0.29) is 6.04 Å². The number of nitrogens with zero attached hydrogens (tertiary/aromatic N) is 2. The zero-order chi connectivity index (χ0) is 12.3. The van der Waals surface area contributed by atoms with Crippen molar-refractivity contribution in [2.45, 2.75) is 33.2 Å². The molecule has 0 fully saturated rings. The molecule has 0 spiro atoms. The molecule has 0 saturated heterocycles. The third kappa shape index (κ3) is 2.55. The molecule has 1 atom stereocenters. The van der Waals surface area contributed by atoms with Gasteiger partial charge in [0.15, 0.2) is 0 Å². The van der Waals surface area contributed by atoms with E-state index in [4.69, 9.17) is 8.94 Å². The molecular formula is C12H17N3O2. The summed E-state index contributed by atoms with van der Waals surface area (Å²) in [4.78, 5) is 4.37. The van der Waals surface area contributed by atoms with Crippen LogP contribution in [-0.2, 0) is 0 Å². The highest BCUT2D eigenvalue weighted by Gasteiger charge is 2.16. The number of hydrogen-bond acceptors (Lipinski definition) is 5. The summed E-state index contributed by atoms with van der Waals surface area (Å²) in [6, 6.07) is 1.91. The standard InChI is InChI=1S/C12H17N3O2/c1-4-6-13-8(2)12-14-11(15-17-12)10-5-7-16-9(10)3/h5,7-8,13H,4,6H2,1-3H3. The van der Waals surface area contributed by atoms with E-state index in [1.54, 1.807) is 6.26 Å². The summed E-state index contributed by atoms with van der Waals surface area (Å²) in [6.07, 6.45) is 2.70.